The molecule has 7 nitrogen and oxygen atoms in total. The van der Waals surface area contributed by atoms with Crippen molar-refractivity contribution in [2.75, 3.05) is 5.17 Å². The van der Waals surface area contributed by atoms with E-state index in [0.29, 0.717) is 16.5 Å². The number of hydrogen-bond acceptors (Lipinski definition) is 6. The van der Waals surface area contributed by atoms with E-state index in [4.69, 9.17) is 5.73 Å². The fourth-order valence-electron chi connectivity index (χ4n) is 1.69. The zero-order chi connectivity index (χ0) is 11.8. The fraction of sp³-hybridized carbons (Fsp3) is 0. The van der Waals surface area contributed by atoms with E-state index in [9.17, 15) is 5.21 Å². The molecule has 1 aromatic carbocycles. The topological polar surface area (TPSA) is 105 Å². The van der Waals surface area contributed by atoms with Crippen molar-refractivity contribution in [2.45, 2.75) is 0 Å². The number of aromatic amines is 1. The van der Waals surface area contributed by atoms with Crippen molar-refractivity contribution in [1.29, 1.82) is 0 Å². The first-order chi connectivity index (χ1) is 8.24. The van der Waals surface area contributed by atoms with E-state index in [2.05, 4.69) is 20.6 Å². The van der Waals surface area contributed by atoms with Crippen molar-refractivity contribution in [3.63, 3.8) is 0 Å². The first kappa shape index (κ1) is 9.67. The van der Waals surface area contributed by atoms with Gasteiger partial charge in [-0.1, -0.05) is 6.07 Å². The summed E-state index contributed by atoms with van der Waals surface area (Å²) >= 11 is 0. The van der Waals surface area contributed by atoms with E-state index in [1.165, 1.54) is 0 Å². The SMILES string of the molecule is NC1=Nc2ccc(-c3cn[nH]c3)cc2N([O-])N1. The Morgan fingerprint density at radius 1 is 1.29 bits per heavy atom. The Hall–Kier alpha value is -2.54. The second-order valence-electron chi connectivity index (χ2n) is 3.59. The molecule has 0 radical (unpaired) electrons. The van der Waals surface area contributed by atoms with Gasteiger partial charge in [-0.2, -0.15) is 5.10 Å². The molecule has 2 aromatic rings. The zero-order valence-corrected chi connectivity index (χ0v) is 8.71. The van der Waals surface area contributed by atoms with Crippen molar-refractivity contribution in [3.05, 3.63) is 35.8 Å². The van der Waals surface area contributed by atoms with Crippen LogP contribution in [0.25, 0.3) is 11.1 Å². The largest absolute Gasteiger partial charge is 0.739 e. The van der Waals surface area contributed by atoms with Gasteiger partial charge in [0.25, 0.3) is 0 Å². The van der Waals surface area contributed by atoms with Gasteiger partial charge in [-0.3, -0.25) is 10.5 Å². The summed E-state index contributed by atoms with van der Waals surface area (Å²) in [4.78, 5) is 4.04. The van der Waals surface area contributed by atoms with E-state index < -0.39 is 0 Å². The number of hydrazine groups is 1. The van der Waals surface area contributed by atoms with Crippen molar-refractivity contribution in [2.24, 2.45) is 10.7 Å². The molecule has 0 unspecified atom stereocenters. The average Bonchev–Trinajstić information content (AvgIpc) is 2.82. The predicted molar refractivity (Wildman–Crippen MR) is 64.3 cm³/mol. The van der Waals surface area contributed by atoms with Gasteiger partial charge in [0.1, 0.15) is 0 Å². The number of rotatable bonds is 1. The van der Waals surface area contributed by atoms with Gasteiger partial charge in [-0.15, -0.1) is 0 Å². The second-order valence-corrected chi connectivity index (χ2v) is 3.59. The minimum Gasteiger partial charge on any atom is -0.739 e. The van der Waals surface area contributed by atoms with Gasteiger partial charge in [0.05, 0.1) is 17.6 Å². The van der Waals surface area contributed by atoms with Gasteiger partial charge in [0.15, 0.2) is 0 Å². The van der Waals surface area contributed by atoms with Crippen molar-refractivity contribution >= 4 is 17.3 Å². The summed E-state index contributed by atoms with van der Waals surface area (Å²) in [5.74, 6) is 0.0866. The van der Waals surface area contributed by atoms with Gasteiger partial charge in [-0.25, -0.2) is 4.99 Å². The first-order valence-electron chi connectivity index (χ1n) is 4.95. The minimum absolute atomic E-state index is 0.0866. The van der Waals surface area contributed by atoms with Crippen LogP contribution in [0.5, 0.6) is 0 Å². The Morgan fingerprint density at radius 2 is 2.18 bits per heavy atom. The molecule has 1 aromatic heterocycles. The zero-order valence-electron chi connectivity index (χ0n) is 8.71. The molecule has 2 heterocycles. The molecule has 0 fully saturated rings. The highest BCUT2D eigenvalue weighted by Gasteiger charge is 2.12. The molecule has 0 saturated heterocycles. The van der Waals surface area contributed by atoms with Crippen LogP contribution in [0, 0.1) is 5.21 Å². The third-order valence-electron chi connectivity index (χ3n) is 2.48. The lowest BCUT2D eigenvalue weighted by atomic mass is 10.1. The number of nitrogens with zero attached hydrogens (tertiary/aromatic N) is 3. The summed E-state index contributed by atoms with van der Waals surface area (Å²) in [5, 5.41) is 18.8. The first-order valence-corrected chi connectivity index (χ1v) is 4.95. The molecule has 0 saturated carbocycles. The van der Waals surface area contributed by atoms with Crippen LogP contribution in [0.3, 0.4) is 0 Å². The van der Waals surface area contributed by atoms with Crippen LogP contribution in [0.1, 0.15) is 0 Å². The van der Waals surface area contributed by atoms with Gasteiger partial charge >= 0.3 is 0 Å². The molecule has 0 bridgehead atoms. The molecule has 3 rings (SSSR count). The normalized spacial score (nSPS) is 13.9. The van der Waals surface area contributed by atoms with Crippen LogP contribution in [0.4, 0.5) is 11.4 Å². The van der Waals surface area contributed by atoms with Gasteiger partial charge in [0.2, 0.25) is 5.96 Å². The molecule has 0 spiro atoms. The number of benzene rings is 1. The lowest BCUT2D eigenvalue weighted by Crippen LogP contribution is -2.44. The number of hydrogen-bond donors (Lipinski definition) is 3. The number of aliphatic imine (C=N–C) groups is 1. The van der Waals surface area contributed by atoms with E-state index in [-0.39, 0.29) is 5.96 Å². The van der Waals surface area contributed by atoms with Crippen LogP contribution in [-0.2, 0) is 0 Å². The quantitative estimate of drug-likeness (QED) is 0.672. The summed E-state index contributed by atoms with van der Waals surface area (Å²) < 4.78 is 0. The highest BCUT2D eigenvalue weighted by Crippen LogP contribution is 2.33. The molecular formula is C10H9N6O-. The standard InChI is InChI=1S/C10H9N6O/c11-10-14-8-2-1-6(7-4-12-13-5-7)3-9(8)16(17)15-10/h1-5H,(H,12,13)(H3,11,14,15)/q-1. The molecule has 4 N–H and O–H groups in total. The second kappa shape index (κ2) is 3.49. The van der Waals surface area contributed by atoms with Crippen molar-refractivity contribution < 1.29 is 0 Å². The van der Waals surface area contributed by atoms with Crippen molar-refractivity contribution in [3.8, 4) is 11.1 Å². The van der Waals surface area contributed by atoms with E-state index >= 15 is 0 Å². The molecule has 86 valence electrons. The number of fused-ring (bicyclic) bond motifs is 1. The lowest BCUT2D eigenvalue weighted by molar-refractivity contribution is 0.900. The van der Waals surface area contributed by atoms with Gasteiger partial charge in [-0.05, 0) is 17.7 Å². The maximum Gasteiger partial charge on any atom is 0.212 e. The van der Waals surface area contributed by atoms with E-state index in [1.54, 1.807) is 24.5 Å². The van der Waals surface area contributed by atoms with E-state index in [0.717, 1.165) is 11.1 Å². The Kier molecular flexibility index (Phi) is 1.99. The maximum absolute atomic E-state index is 11.6. The third-order valence-corrected chi connectivity index (χ3v) is 2.48. The van der Waals surface area contributed by atoms with E-state index in [1.807, 2.05) is 6.07 Å². The Labute approximate surface area is 96.5 Å². The Bertz CT molecular complexity index is 576. The Balaban J connectivity index is 2.11. The fourth-order valence-corrected chi connectivity index (χ4v) is 1.69. The number of guanidine groups is 1. The number of H-pyrrole nitrogens is 1. The summed E-state index contributed by atoms with van der Waals surface area (Å²) in [6.07, 6.45) is 3.44. The lowest BCUT2D eigenvalue weighted by Gasteiger charge is -2.35. The number of aromatic nitrogens is 2. The molecule has 0 aliphatic carbocycles. The maximum atomic E-state index is 11.6. The van der Waals surface area contributed by atoms with Crippen LogP contribution < -0.4 is 16.3 Å². The summed E-state index contributed by atoms with van der Waals surface area (Å²) in [7, 11) is 0. The highest BCUT2D eigenvalue weighted by molar-refractivity contribution is 5.90. The van der Waals surface area contributed by atoms with Crippen LogP contribution >= 0.6 is 0 Å². The van der Waals surface area contributed by atoms with Crippen molar-refractivity contribution in [1.82, 2.24) is 15.6 Å². The predicted octanol–water partition coefficient (Wildman–Crippen LogP) is 0.845. The third kappa shape index (κ3) is 1.58. The monoisotopic (exact) mass is 229 g/mol. The summed E-state index contributed by atoms with van der Waals surface area (Å²) in [6.45, 7) is 0. The summed E-state index contributed by atoms with van der Waals surface area (Å²) in [6, 6.07) is 5.34. The van der Waals surface area contributed by atoms with Crippen LogP contribution in [0.2, 0.25) is 0 Å². The molecule has 0 atom stereocenters. The van der Waals surface area contributed by atoms with Gasteiger partial charge < -0.3 is 16.1 Å². The number of nitrogens with two attached hydrogens (primary N) is 1. The molecule has 1 aliphatic heterocycles. The highest BCUT2D eigenvalue weighted by atomic mass is 16.5. The Morgan fingerprint density at radius 3 is 2.94 bits per heavy atom. The average molecular weight is 229 g/mol. The minimum atomic E-state index is 0.0866. The smallest absolute Gasteiger partial charge is 0.212 e. The van der Waals surface area contributed by atoms with Crippen LogP contribution in [0.15, 0.2) is 35.6 Å². The summed E-state index contributed by atoms with van der Waals surface area (Å²) in [5.41, 5.74) is 10.6. The molecule has 1 aliphatic rings. The molecule has 17 heavy (non-hydrogen) atoms. The molecular weight excluding hydrogens is 220 g/mol. The van der Waals surface area contributed by atoms with Gasteiger partial charge in [0, 0.05) is 11.8 Å². The molecule has 0 amide bonds. The number of nitrogens with one attached hydrogen (secondary N) is 2. The number of anilines is 1. The molecule has 7 heteroatoms. The van der Waals surface area contributed by atoms with Crippen LogP contribution in [-0.4, -0.2) is 16.2 Å².